The summed E-state index contributed by atoms with van der Waals surface area (Å²) in [5, 5.41) is 8.42. The quantitative estimate of drug-likeness (QED) is 0.513. The molecule has 27 heavy (non-hydrogen) atoms. The standard InChI is InChI=1S/C24H33FN2/c1-3-5-18-7-9-19(10-8-18)11-12-20-13-15-22(23(25)17-20)24-16-14-21(6-4-2)26-27-24/h13-19H,3-12H2,1-2H3. The minimum Gasteiger partial charge on any atom is -0.206 e. The molecule has 0 unspecified atom stereocenters. The number of hydrogen-bond donors (Lipinski definition) is 0. The van der Waals surface area contributed by atoms with Crippen LogP contribution in [0.1, 0.15) is 76.5 Å². The zero-order valence-electron chi connectivity index (χ0n) is 16.9. The minimum atomic E-state index is -0.184. The average Bonchev–Trinajstić information content (AvgIpc) is 2.69. The Hall–Kier alpha value is -1.77. The number of nitrogens with zero attached hydrogens (tertiary/aromatic N) is 2. The summed E-state index contributed by atoms with van der Waals surface area (Å²) < 4.78 is 14.6. The van der Waals surface area contributed by atoms with Gasteiger partial charge in [0.2, 0.25) is 0 Å². The van der Waals surface area contributed by atoms with Crippen molar-refractivity contribution in [2.24, 2.45) is 11.8 Å². The molecule has 1 aliphatic rings. The monoisotopic (exact) mass is 368 g/mol. The second-order valence-corrected chi connectivity index (χ2v) is 8.19. The van der Waals surface area contributed by atoms with Gasteiger partial charge < -0.3 is 0 Å². The molecule has 1 aromatic heterocycles. The van der Waals surface area contributed by atoms with Gasteiger partial charge in [-0.3, -0.25) is 0 Å². The summed E-state index contributed by atoms with van der Waals surface area (Å²) in [6.45, 7) is 4.40. The lowest BCUT2D eigenvalue weighted by Gasteiger charge is -2.28. The Morgan fingerprint density at radius 1 is 0.852 bits per heavy atom. The molecule has 2 nitrogen and oxygen atoms in total. The molecule has 0 radical (unpaired) electrons. The molecule has 0 spiro atoms. The molecular weight excluding hydrogens is 335 g/mol. The molecule has 0 bridgehead atoms. The third kappa shape index (κ3) is 5.60. The molecule has 2 aromatic rings. The topological polar surface area (TPSA) is 25.8 Å². The number of aromatic nitrogens is 2. The van der Waals surface area contributed by atoms with Crippen molar-refractivity contribution in [3.63, 3.8) is 0 Å². The lowest BCUT2D eigenvalue weighted by atomic mass is 9.78. The second-order valence-electron chi connectivity index (χ2n) is 8.19. The predicted octanol–water partition coefficient (Wildman–Crippen LogP) is 6.77. The van der Waals surface area contributed by atoms with Crippen LogP contribution in [0.25, 0.3) is 11.3 Å². The van der Waals surface area contributed by atoms with Gasteiger partial charge in [0.15, 0.2) is 0 Å². The molecule has 0 saturated heterocycles. The van der Waals surface area contributed by atoms with Crippen LogP contribution in [0.4, 0.5) is 4.39 Å². The van der Waals surface area contributed by atoms with Gasteiger partial charge in [-0.2, -0.15) is 10.2 Å². The molecule has 0 amide bonds. The Kier molecular flexibility index (Phi) is 7.37. The van der Waals surface area contributed by atoms with Crippen molar-refractivity contribution in [2.45, 2.75) is 78.1 Å². The van der Waals surface area contributed by atoms with Crippen molar-refractivity contribution in [2.75, 3.05) is 0 Å². The van der Waals surface area contributed by atoms with Crippen LogP contribution in [0.2, 0.25) is 0 Å². The highest BCUT2D eigenvalue weighted by molar-refractivity contribution is 5.59. The largest absolute Gasteiger partial charge is 0.206 e. The van der Waals surface area contributed by atoms with E-state index in [0.29, 0.717) is 11.3 Å². The molecule has 1 saturated carbocycles. The minimum absolute atomic E-state index is 0.184. The highest BCUT2D eigenvalue weighted by Crippen LogP contribution is 2.34. The van der Waals surface area contributed by atoms with Crippen LogP contribution >= 0.6 is 0 Å². The summed E-state index contributed by atoms with van der Waals surface area (Å²) in [5.41, 5.74) is 3.23. The summed E-state index contributed by atoms with van der Waals surface area (Å²) >= 11 is 0. The Bertz CT molecular complexity index is 703. The van der Waals surface area contributed by atoms with Crippen molar-refractivity contribution in [3.8, 4) is 11.3 Å². The summed E-state index contributed by atoms with van der Waals surface area (Å²) in [4.78, 5) is 0. The average molecular weight is 369 g/mol. The van der Waals surface area contributed by atoms with E-state index in [1.807, 2.05) is 18.2 Å². The van der Waals surface area contributed by atoms with Crippen molar-refractivity contribution >= 4 is 0 Å². The smallest absolute Gasteiger partial charge is 0.132 e. The van der Waals surface area contributed by atoms with Gasteiger partial charge >= 0.3 is 0 Å². The molecule has 1 heterocycles. The van der Waals surface area contributed by atoms with E-state index in [9.17, 15) is 4.39 Å². The highest BCUT2D eigenvalue weighted by atomic mass is 19.1. The first-order chi connectivity index (χ1) is 13.2. The molecule has 1 aromatic carbocycles. The molecule has 146 valence electrons. The van der Waals surface area contributed by atoms with Gasteiger partial charge in [0.1, 0.15) is 5.82 Å². The fourth-order valence-electron chi connectivity index (χ4n) is 4.40. The summed E-state index contributed by atoms with van der Waals surface area (Å²) in [6.07, 6.45) is 12.3. The fraction of sp³-hybridized carbons (Fsp3) is 0.583. The van der Waals surface area contributed by atoms with Gasteiger partial charge in [0, 0.05) is 5.56 Å². The van der Waals surface area contributed by atoms with Gasteiger partial charge in [-0.05, 0) is 60.9 Å². The highest BCUT2D eigenvalue weighted by Gasteiger charge is 2.20. The molecular formula is C24H33FN2. The number of benzene rings is 1. The summed E-state index contributed by atoms with van der Waals surface area (Å²) in [6, 6.07) is 9.45. The van der Waals surface area contributed by atoms with E-state index in [1.165, 1.54) is 44.9 Å². The van der Waals surface area contributed by atoms with Gasteiger partial charge in [-0.15, -0.1) is 0 Å². The number of rotatable bonds is 8. The van der Waals surface area contributed by atoms with E-state index in [4.69, 9.17) is 0 Å². The van der Waals surface area contributed by atoms with E-state index in [2.05, 4.69) is 30.1 Å². The zero-order chi connectivity index (χ0) is 19.1. The Morgan fingerprint density at radius 2 is 1.59 bits per heavy atom. The first-order valence-corrected chi connectivity index (χ1v) is 10.8. The van der Waals surface area contributed by atoms with Crippen LogP contribution in [0, 0.1) is 17.7 Å². The van der Waals surface area contributed by atoms with Gasteiger partial charge in [-0.1, -0.05) is 64.9 Å². The van der Waals surface area contributed by atoms with Gasteiger partial charge in [-0.25, -0.2) is 4.39 Å². The van der Waals surface area contributed by atoms with Gasteiger partial charge in [0.25, 0.3) is 0 Å². The van der Waals surface area contributed by atoms with E-state index >= 15 is 0 Å². The normalized spacial score (nSPS) is 20.0. The maximum absolute atomic E-state index is 14.6. The molecule has 1 fully saturated rings. The molecule has 0 N–H and O–H groups in total. The lowest BCUT2D eigenvalue weighted by Crippen LogP contribution is -2.15. The van der Waals surface area contributed by atoms with E-state index in [-0.39, 0.29) is 5.82 Å². The van der Waals surface area contributed by atoms with Crippen molar-refractivity contribution in [1.82, 2.24) is 10.2 Å². The Labute approximate surface area is 163 Å². The van der Waals surface area contributed by atoms with Crippen molar-refractivity contribution < 1.29 is 4.39 Å². The van der Waals surface area contributed by atoms with E-state index in [1.54, 1.807) is 6.07 Å². The summed E-state index contributed by atoms with van der Waals surface area (Å²) in [5.74, 6) is 1.59. The number of aryl methyl sites for hydroxylation is 2. The molecule has 3 rings (SSSR count). The zero-order valence-corrected chi connectivity index (χ0v) is 16.9. The van der Waals surface area contributed by atoms with E-state index in [0.717, 1.165) is 42.4 Å². The maximum Gasteiger partial charge on any atom is 0.132 e. The van der Waals surface area contributed by atoms with Crippen LogP contribution in [-0.2, 0) is 12.8 Å². The molecule has 0 aliphatic heterocycles. The van der Waals surface area contributed by atoms with Crippen LogP contribution in [0.15, 0.2) is 30.3 Å². The van der Waals surface area contributed by atoms with Gasteiger partial charge in [0.05, 0.1) is 11.4 Å². The maximum atomic E-state index is 14.6. The van der Waals surface area contributed by atoms with Crippen LogP contribution in [0.5, 0.6) is 0 Å². The van der Waals surface area contributed by atoms with Crippen LogP contribution in [0.3, 0.4) is 0 Å². The Morgan fingerprint density at radius 3 is 2.19 bits per heavy atom. The third-order valence-electron chi connectivity index (χ3n) is 6.04. The fourth-order valence-corrected chi connectivity index (χ4v) is 4.40. The summed E-state index contributed by atoms with van der Waals surface area (Å²) in [7, 11) is 0. The van der Waals surface area contributed by atoms with Crippen molar-refractivity contribution in [3.05, 3.63) is 47.4 Å². The molecule has 1 aliphatic carbocycles. The first-order valence-electron chi connectivity index (χ1n) is 10.8. The van der Waals surface area contributed by atoms with E-state index < -0.39 is 0 Å². The lowest BCUT2D eigenvalue weighted by molar-refractivity contribution is 0.252. The number of halogens is 1. The van der Waals surface area contributed by atoms with Crippen molar-refractivity contribution in [1.29, 1.82) is 0 Å². The SMILES string of the molecule is CCCc1ccc(-c2ccc(CCC3CCC(CCC)CC3)cc2F)nn1. The first kappa shape index (κ1) is 20.0. The molecule has 0 atom stereocenters. The predicted molar refractivity (Wildman–Crippen MR) is 110 cm³/mol. The van der Waals surface area contributed by atoms with Crippen LogP contribution in [-0.4, -0.2) is 10.2 Å². The second kappa shape index (κ2) is 9.96. The molecule has 3 heteroatoms. The third-order valence-corrected chi connectivity index (χ3v) is 6.04. The Balaban J connectivity index is 1.55. The number of hydrogen-bond acceptors (Lipinski definition) is 2. The van der Waals surface area contributed by atoms with Crippen LogP contribution < -0.4 is 0 Å².